The molecule has 2 N–H and O–H groups in total. The van der Waals surface area contributed by atoms with Crippen molar-refractivity contribution in [2.75, 3.05) is 26.6 Å². The molecule has 0 saturated heterocycles. The van der Waals surface area contributed by atoms with Crippen molar-refractivity contribution >= 4 is 47.0 Å². The first-order chi connectivity index (χ1) is 13.6. The minimum absolute atomic E-state index is 0. The molecular weight excluding hydrogens is 499 g/mol. The molecule has 3 aromatic rings. The van der Waals surface area contributed by atoms with Gasteiger partial charge in [-0.05, 0) is 19.1 Å². The number of hydrogen-bond donors (Lipinski definition) is 2. The number of ether oxygens (including phenoxy) is 2. The second-order valence-electron chi connectivity index (χ2n) is 6.01. The summed E-state index contributed by atoms with van der Waals surface area (Å²) in [5.74, 6) is 2.01. The zero-order chi connectivity index (χ0) is 19.9. The summed E-state index contributed by atoms with van der Waals surface area (Å²) < 4.78 is 10.6. The molecule has 0 spiro atoms. The standard InChI is InChI=1S/C21H24N4O2S.HI/c1-14-19(28-20(24-14)15-8-6-5-7-9-15)13-23-21(22-2)25-16-10-11-17(26-3)18(12-16)27-4;/h5-12H,13H2,1-4H3,(H2,22,23,25);1H. The molecule has 0 atom stereocenters. The van der Waals surface area contributed by atoms with Crippen LogP contribution in [0.3, 0.4) is 0 Å². The Morgan fingerprint density at radius 2 is 1.79 bits per heavy atom. The SMILES string of the molecule is CN=C(NCc1sc(-c2ccccc2)nc1C)Nc1ccc(OC)c(OC)c1.I. The van der Waals surface area contributed by atoms with Gasteiger partial charge < -0.3 is 20.1 Å². The molecule has 2 aromatic carbocycles. The number of guanidine groups is 1. The lowest BCUT2D eigenvalue weighted by Crippen LogP contribution is -2.30. The summed E-state index contributed by atoms with van der Waals surface area (Å²) in [5, 5.41) is 7.64. The Labute approximate surface area is 192 Å². The monoisotopic (exact) mass is 524 g/mol. The molecule has 0 aliphatic rings. The Morgan fingerprint density at radius 3 is 2.45 bits per heavy atom. The first kappa shape index (κ1) is 23.0. The van der Waals surface area contributed by atoms with Crippen molar-refractivity contribution in [3.63, 3.8) is 0 Å². The van der Waals surface area contributed by atoms with Gasteiger partial charge >= 0.3 is 0 Å². The molecule has 6 nitrogen and oxygen atoms in total. The molecule has 1 aromatic heterocycles. The van der Waals surface area contributed by atoms with Gasteiger partial charge in [-0.15, -0.1) is 35.3 Å². The Morgan fingerprint density at radius 1 is 1.07 bits per heavy atom. The maximum Gasteiger partial charge on any atom is 0.195 e. The van der Waals surface area contributed by atoms with Crippen LogP contribution < -0.4 is 20.1 Å². The van der Waals surface area contributed by atoms with E-state index in [1.165, 1.54) is 4.88 Å². The van der Waals surface area contributed by atoms with E-state index in [9.17, 15) is 0 Å². The zero-order valence-electron chi connectivity index (χ0n) is 16.9. The second kappa shape index (κ2) is 11.0. The average molecular weight is 524 g/mol. The molecule has 3 rings (SSSR count). The largest absolute Gasteiger partial charge is 0.493 e. The number of aliphatic imine (C=N–C) groups is 1. The van der Waals surface area contributed by atoms with Crippen LogP contribution in [0.5, 0.6) is 11.5 Å². The predicted octanol–water partition coefficient (Wildman–Crippen LogP) is 4.94. The van der Waals surface area contributed by atoms with Crippen molar-refractivity contribution in [3.8, 4) is 22.1 Å². The molecule has 8 heteroatoms. The summed E-state index contributed by atoms with van der Waals surface area (Å²) in [6, 6.07) is 15.9. The highest BCUT2D eigenvalue weighted by atomic mass is 127. The first-order valence-corrected chi connectivity index (χ1v) is 9.67. The van der Waals surface area contributed by atoms with E-state index in [-0.39, 0.29) is 24.0 Å². The van der Waals surface area contributed by atoms with E-state index in [0.29, 0.717) is 24.0 Å². The van der Waals surface area contributed by atoms with E-state index < -0.39 is 0 Å². The lowest BCUT2D eigenvalue weighted by Gasteiger charge is -2.13. The molecule has 0 aliphatic carbocycles. The fourth-order valence-electron chi connectivity index (χ4n) is 2.69. The number of rotatable bonds is 6. The number of nitrogens with zero attached hydrogens (tertiary/aromatic N) is 2. The van der Waals surface area contributed by atoms with Crippen LogP contribution >= 0.6 is 35.3 Å². The van der Waals surface area contributed by atoms with Crippen LogP contribution in [-0.4, -0.2) is 32.2 Å². The molecule has 0 amide bonds. The lowest BCUT2D eigenvalue weighted by atomic mass is 10.2. The highest BCUT2D eigenvalue weighted by Crippen LogP contribution is 2.30. The molecule has 0 bridgehead atoms. The van der Waals surface area contributed by atoms with E-state index in [1.807, 2.05) is 43.3 Å². The number of hydrogen-bond acceptors (Lipinski definition) is 5. The third kappa shape index (κ3) is 5.83. The van der Waals surface area contributed by atoms with Crippen LogP contribution in [-0.2, 0) is 6.54 Å². The highest BCUT2D eigenvalue weighted by Gasteiger charge is 2.11. The van der Waals surface area contributed by atoms with Crippen molar-refractivity contribution in [2.45, 2.75) is 13.5 Å². The smallest absolute Gasteiger partial charge is 0.195 e. The van der Waals surface area contributed by atoms with Gasteiger partial charge in [-0.2, -0.15) is 0 Å². The maximum absolute atomic E-state index is 5.35. The zero-order valence-corrected chi connectivity index (χ0v) is 20.0. The molecule has 0 saturated carbocycles. The number of anilines is 1. The van der Waals surface area contributed by atoms with Gasteiger partial charge in [-0.25, -0.2) is 4.98 Å². The molecule has 0 aliphatic heterocycles. The molecule has 0 radical (unpaired) electrons. The minimum Gasteiger partial charge on any atom is -0.493 e. The quantitative estimate of drug-likeness (QED) is 0.272. The Balaban J connectivity index is 0.00000300. The van der Waals surface area contributed by atoms with Crippen LogP contribution in [0.15, 0.2) is 53.5 Å². The molecular formula is C21H25IN4O2S. The third-order valence-corrected chi connectivity index (χ3v) is 5.41. The average Bonchev–Trinajstić information content (AvgIpc) is 3.12. The Bertz CT molecular complexity index is 961. The van der Waals surface area contributed by atoms with E-state index in [1.54, 1.807) is 32.6 Å². The van der Waals surface area contributed by atoms with Gasteiger partial charge in [0.05, 0.1) is 26.5 Å². The molecule has 1 heterocycles. The topological polar surface area (TPSA) is 67.8 Å². The molecule has 154 valence electrons. The van der Waals surface area contributed by atoms with Crippen LogP contribution in [0.4, 0.5) is 5.69 Å². The summed E-state index contributed by atoms with van der Waals surface area (Å²) in [4.78, 5) is 10.2. The summed E-state index contributed by atoms with van der Waals surface area (Å²) >= 11 is 1.69. The van der Waals surface area contributed by atoms with Crippen LogP contribution in [0, 0.1) is 6.92 Å². The summed E-state index contributed by atoms with van der Waals surface area (Å²) in [5.41, 5.74) is 3.02. The highest BCUT2D eigenvalue weighted by molar-refractivity contribution is 14.0. The van der Waals surface area contributed by atoms with Crippen molar-refractivity contribution in [2.24, 2.45) is 4.99 Å². The van der Waals surface area contributed by atoms with E-state index in [0.717, 1.165) is 22.0 Å². The maximum atomic E-state index is 5.35. The molecule has 29 heavy (non-hydrogen) atoms. The van der Waals surface area contributed by atoms with Gasteiger partial charge in [-0.1, -0.05) is 30.3 Å². The fourth-order valence-corrected chi connectivity index (χ4v) is 3.70. The number of aromatic nitrogens is 1. The van der Waals surface area contributed by atoms with Crippen LogP contribution in [0.25, 0.3) is 10.6 Å². The van der Waals surface area contributed by atoms with Gasteiger partial charge in [0.15, 0.2) is 17.5 Å². The molecule has 0 unspecified atom stereocenters. The number of methoxy groups -OCH3 is 2. The number of nitrogens with one attached hydrogen (secondary N) is 2. The number of halogens is 1. The van der Waals surface area contributed by atoms with Crippen molar-refractivity contribution < 1.29 is 9.47 Å². The predicted molar refractivity (Wildman–Crippen MR) is 131 cm³/mol. The summed E-state index contributed by atoms with van der Waals surface area (Å²) in [7, 11) is 4.98. The number of aryl methyl sites for hydroxylation is 1. The van der Waals surface area contributed by atoms with Crippen LogP contribution in [0.1, 0.15) is 10.6 Å². The Kier molecular flexibility index (Phi) is 8.71. The minimum atomic E-state index is 0. The van der Waals surface area contributed by atoms with E-state index in [4.69, 9.17) is 14.5 Å². The molecule has 0 fully saturated rings. The van der Waals surface area contributed by atoms with Gasteiger partial charge in [0.2, 0.25) is 0 Å². The van der Waals surface area contributed by atoms with Crippen LogP contribution in [0.2, 0.25) is 0 Å². The van der Waals surface area contributed by atoms with Gasteiger partial charge in [0, 0.05) is 29.2 Å². The second-order valence-corrected chi connectivity index (χ2v) is 7.10. The normalized spacial score (nSPS) is 10.8. The first-order valence-electron chi connectivity index (χ1n) is 8.86. The van der Waals surface area contributed by atoms with Crippen molar-refractivity contribution in [1.82, 2.24) is 10.3 Å². The van der Waals surface area contributed by atoms with Crippen molar-refractivity contribution in [3.05, 3.63) is 59.1 Å². The fraction of sp³-hybridized carbons (Fsp3) is 0.238. The lowest BCUT2D eigenvalue weighted by molar-refractivity contribution is 0.355. The summed E-state index contributed by atoms with van der Waals surface area (Å²) in [6.07, 6.45) is 0. The third-order valence-electron chi connectivity index (χ3n) is 4.20. The van der Waals surface area contributed by atoms with Gasteiger partial charge in [0.25, 0.3) is 0 Å². The number of thiazole rings is 1. The number of benzene rings is 2. The van der Waals surface area contributed by atoms with E-state index >= 15 is 0 Å². The van der Waals surface area contributed by atoms with Crippen molar-refractivity contribution in [1.29, 1.82) is 0 Å². The van der Waals surface area contributed by atoms with Gasteiger partial charge in [-0.3, -0.25) is 4.99 Å². The van der Waals surface area contributed by atoms with Gasteiger partial charge in [0.1, 0.15) is 5.01 Å². The summed E-state index contributed by atoms with van der Waals surface area (Å²) in [6.45, 7) is 2.67. The van der Waals surface area contributed by atoms with E-state index in [2.05, 4.69) is 27.8 Å². The Hall–Kier alpha value is -2.33.